The third kappa shape index (κ3) is 2.76. The van der Waals surface area contributed by atoms with Gasteiger partial charge in [-0.25, -0.2) is 0 Å². The van der Waals surface area contributed by atoms with Crippen LogP contribution in [0.4, 0.5) is 0 Å². The molecule has 0 unspecified atom stereocenters. The highest BCUT2D eigenvalue weighted by Gasteiger charge is 2.23. The zero-order chi connectivity index (χ0) is 13.9. The molecule has 1 N–H and O–H groups in total. The van der Waals surface area contributed by atoms with Gasteiger partial charge in [-0.3, -0.25) is 14.4 Å². The average molecular weight is 290 g/mol. The van der Waals surface area contributed by atoms with E-state index in [0.717, 1.165) is 25.1 Å². The fourth-order valence-electron chi connectivity index (χ4n) is 2.64. The van der Waals surface area contributed by atoms with E-state index in [2.05, 4.69) is 33.1 Å². The standard InChI is InChI=1S/C14H18N4OS/c1-17-8-12(18-13(9-17)3-6-16-18)2-5-15-14(19)11-4-7-20-10-11/h3-4,6-7,10,12H,2,5,8-9H2,1H3,(H,15,19)/t12-/m1/s1. The number of hydrogen-bond acceptors (Lipinski definition) is 4. The lowest BCUT2D eigenvalue weighted by Gasteiger charge is -2.31. The molecule has 3 rings (SSSR count). The maximum atomic E-state index is 11.9. The molecule has 0 spiro atoms. The number of hydrogen-bond donors (Lipinski definition) is 1. The fourth-order valence-corrected chi connectivity index (χ4v) is 3.27. The summed E-state index contributed by atoms with van der Waals surface area (Å²) in [6.07, 6.45) is 2.75. The van der Waals surface area contributed by atoms with Gasteiger partial charge in [-0.15, -0.1) is 0 Å². The van der Waals surface area contributed by atoms with Crippen molar-refractivity contribution >= 4 is 17.2 Å². The van der Waals surface area contributed by atoms with Gasteiger partial charge in [0.1, 0.15) is 0 Å². The van der Waals surface area contributed by atoms with Crippen molar-refractivity contribution in [1.29, 1.82) is 0 Å². The molecule has 2 aromatic heterocycles. The van der Waals surface area contributed by atoms with Gasteiger partial charge in [0.2, 0.25) is 0 Å². The molecule has 6 heteroatoms. The van der Waals surface area contributed by atoms with Crippen LogP contribution in [-0.2, 0) is 6.54 Å². The lowest BCUT2D eigenvalue weighted by molar-refractivity contribution is 0.0949. The summed E-state index contributed by atoms with van der Waals surface area (Å²) in [5.74, 6) is 0.0103. The number of aromatic nitrogens is 2. The Hall–Kier alpha value is -1.66. The van der Waals surface area contributed by atoms with Crippen molar-refractivity contribution < 1.29 is 4.79 Å². The maximum Gasteiger partial charge on any atom is 0.252 e. The van der Waals surface area contributed by atoms with Gasteiger partial charge in [-0.2, -0.15) is 16.4 Å². The summed E-state index contributed by atoms with van der Waals surface area (Å²) in [5.41, 5.74) is 1.99. The van der Waals surface area contributed by atoms with Gasteiger partial charge in [0, 0.05) is 36.8 Å². The number of rotatable bonds is 4. The van der Waals surface area contributed by atoms with E-state index in [-0.39, 0.29) is 5.91 Å². The first-order valence-electron chi connectivity index (χ1n) is 6.75. The lowest BCUT2D eigenvalue weighted by atomic mass is 10.1. The van der Waals surface area contributed by atoms with Gasteiger partial charge >= 0.3 is 0 Å². The minimum absolute atomic E-state index is 0.0103. The Morgan fingerprint density at radius 1 is 1.55 bits per heavy atom. The summed E-state index contributed by atoms with van der Waals surface area (Å²) in [6, 6.07) is 4.24. The van der Waals surface area contributed by atoms with Crippen molar-refractivity contribution in [3.8, 4) is 0 Å². The molecule has 0 aromatic carbocycles. The molecule has 2 aromatic rings. The second-order valence-electron chi connectivity index (χ2n) is 5.17. The van der Waals surface area contributed by atoms with E-state index in [1.54, 1.807) is 0 Å². The zero-order valence-electron chi connectivity index (χ0n) is 11.5. The van der Waals surface area contributed by atoms with Gasteiger partial charge in [0.05, 0.1) is 11.7 Å². The van der Waals surface area contributed by atoms with E-state index in [1.807, 2.05) is 23.0 Å². The minimum Gasteiger partial charge on any atom is -0.352 e. The van der Waals surface area contributed by atoms with Crippen LogP contribution < -0.4 is 5.32 Å². The molecule has 106 valence electrons. The average Bonchev–Trinajstić information content (AvgIpc) is 3.09. The summed E-state index contributed by atoms with van der Waals surface area (Å²) in [7, 11) is 2.12. The van der Waals surface area contributed by atoms with E-state index in [4.69, 9.17) is 0 Å². The molecule has 1 atom stereocenters. The Labute approximate surface area is 122 Å². The largest absolute Gasteiger partial charge is 0.352 e. The Kier molecular flexibility index (Phi) is 3.84. The van der Waals surface area contributed by atoms with E-state index < -0.39 is 0 Å². The SMILES string of the molecule is CN1Cc2ccnn2[C@H](CCNC(=O)c2ccsc2)C1. The second kappa shape index (κ2) is 5.76. The zero-order valence-corrected chi connectivity index (χ0v) is 12.3. The monoisotopic (exact) mass is 290 g/mol. The maximum absolute atomic E-state index is 11.9. The fraction of sp³-hybridized carbons (Fsp3) is 0.429. The molecule has 1 aliphatic heterocycles. The van der Waals surface area contributed by atoms with Crippen LogP contribution in [0.2, 0.25) is 0 Å². The summed E-state index contributed by atoms with van der Waals surface area (Å²) in [6.45, 7) is 2.59. The topological polar surface area (TPSA) is 50.2 Å². The number of fused-ring (bicyclic) bond motifs is 1. The molecule has 5 nitrogen and oxygen atoms in total. The smallest absolute Gasteiger partial charge is 0.252 e. The summed E-state index contributed by atoms with van der Waals surface area (Å²) >= 11 is 1.54. The number of thiophene rings is 1. The van der Waals surface area contributed by atoms with Crippen LogP contribution in [0.15, 0.2) is 29.1 Å². The van der Waals surface area contributed by atoms with E-state index in [9.17, 15) is 4.79 Å². The molecule has 1 aliphatic rings. The molecule has 0 saturated heterocycles. The lowest BCUT2D eigenvalue weighted by Crippen LogP contribution is -2.37. The first-order valence-corrected chi connectivity index (χ1v) is 7.69. The summed E-state index contributed by atoms with van der Waals surface area (Å²) in [4.78, 5) is 14.2. The van der Waals surface area contributed by atoms with Gasteiger partial charge < -0.3 is 5.32 Å². The van der Waals surface area contributed by atoms with E-state index in [0.29, 0.717) is 12.6 Å². The van der Waals surface area contributed by atoms with Crippen LogP contribution in [-0.4, -0.2) is 40.7 Å². The number of amides is 1. The molecule has 0 radical (unpaired) electrons. The molecule has 1 amide bonds. The number of carbonyl (C=O) groups excluding carboxylic acids is 1. The highest BCUT2D eigenvalue weighted by atomic mass is 32.1. The van der Waals surface area contributed by atoms with Crippen LogP contribution in [0.3, 0.4) is 0 Å². The van der Waals surface area contributed by atoms with E-state index >= 15 is 0 Å². The van der Waals surface area contributed by atoms with Crippen LogP contribution in [0.1, 0.15) is 28.5 Å². The predicted octanol–water partition coefficient (Wildman–Crippen LogP) is 1.75. The number of nitrogens with zero attached hydrogens (tertiary/aromatic N) is 3. The van der Waals surface area contributed by atoms with Gasteiger partial charge in [-0.1, -0.05) is 0 Å². The van der Waals surface area contributed by atoms with Gasteiger partial charge in [0.15, 0.2) is 0 Å². The molecule has 20 heavy (non-hydrogen) atoms. The van der Waals surface area contributed by atoms with E-state index in [1.165, 1.54) is 17.0 Å². The van der Waals surface area contributed by atoms with Crippen molar-refractivity contribution in [2.45, 2.75) is 19.0 Å². The molecule has 0 bridgehead atoms. The normalized spacial score (nSPS) is 18.8. The van der Waals surface area contributed by atoms with Crippen molar-refractivity contribution in [3.05, 3.63) is 40.3 Å². The number of likely N-dealkylation sites (N-methyl/N-ethyl adjacent to an activating group) is 1. The van der Waals surface area contributed by atoms with Gasteiger partial charge in [0.25, 0.3) is 5.91 Å². The van der Waals surface area contributed by atoms with Crippen LogP contribution in [0, 0.1) is 0 Å². The highest BCUT2D eigenvalue weighted by molar-refractivity contribution is 7.08. The third-order valence-corrected chi connectivity index (χ3v) is 4.28. The Bertz CT molecular complexity index is 578. The predicted molar refractivity (Wildman–Crippen MR) is 78.9 cm³/mol. The van der Waals surface area contributed by atoms with Gasteiger partial charge in [-0.05, 0) is 31.0 Å². The van der Waals surface area contributed by atoms with Crippen molar-refractivity contribution in [2.75, 3.05) is 20.1 Å². The van der Waals surface area contributed by atoms with Crippen LogP contribution in [0.25, 0.3) is 0 Å². The Balaban J connectivity index is 1.56. The van der Waals surface area contributed by atoms with Crippen molar-refractivity contribution in [1.82, 2.24) is 20.0 Å². The summed E-state index contributed by atoms with van der Waals surface area (Å²) < 4.78 is 2.09. The number of nitrogens with one attached hydrogen (secondary N) is 1. The first kappa shape index (κ1) is 13.3. The van der Waals surface area contributed by atoms with Crippen LogP contribution >= 0.6 is 11.3 Å². The molecular formula is C14H18N4OS. The Morgan fingerprint density at radius 3 is 3.25 bits per heavy atom. The van der Waals surface area contributed by atoms with Crippen LogP contribution in [0.5, 0.6) is 0 Å². The number of carbonyl (C=O) groups is 1. The quantitative estimate of drug-likeness (QED) is 0.933. The summed E-state index contributed by atoms with van der Waals surface area (Å²) in [5, 5.41) is 11.2. The molecule has 3 heterocycles. The highest BCUT2D eigenvalue weighted by Crippen LogP contribution is 2.21. The minimum atomic E-state index is 0.0103. The molecular weight excluding hydrogens is 272 g/mol. The Morgan fingerprint density at radius 2 is 2.45 bits per heavy atom. The molecule has 0 saturated carbocycles. The molecule has 0 aliphatic carbocycles. The van der Waals surface area contributed by atoms with Crippen molar-refractivity contribution in [2.24, 2.45) is 0 Å². The second-order valence-corrected chi connectivity index (χ2v) is 5.95. The third-order valence-electron chi connectivity index (χ3n) is 3.60. The molecule has 0 fully saturated rings. The van der Waals surface area contributed by atoms with Crippen molar-refractivity contribution in [3.63, 3.8) is 0 Å². The first-order chi connectivity index (χ1) is 9.74.